The zero-order valence-electron chi connectivity index (χ0n) is 15.6. The summed E-state index contributed by atoms with van der Waals surface area (Å²) in [6.07, 6.45) is 1.73. The molecule has 4 aromatic rings. The van der Waals surface area contributed by atoms with Gasteiger partial charge in [-0.25, -0.2) is 0 Å². The summed E-state index contributed by atoms with van der Waals surface area (Å²) < 4.78 is 21.7. The molecule has 29 heavy (non-hydrogen) atoms. The first-order valence-electron chi connectivity index (χ1n) is 9.29. The van der Waals surface area contributed by atoms with E-state index in [1.54, 1.807) is 7.11 Å². The van der Waals surface area contributed by atoms with Crippen LogP contribution >= 0.6 is 0 Å². The second-order valence-electron chi connectivity index (χ2n) is 6.94. The van der Waals surface area contributed by atoms with Crippen LogP contribution in [0.1, 0.15) is 11.1 Å². The van der Waals surface area contributed by atoms with Crippen LogP contribution in [0.25, 0.3) is 34.2 Å². The summed E-state index contributed by atoms with van der Waals surface area (Å²) in [7, 11) is 1.68. The smallest absolute Gasteiger partial charge is 0.276 e. The maximum absolute atomic E-state index is 5.55. The molecule has 6 rings (SSSR count). The van der Waals surface area contributed by atoms with Crippen LogP contribution in [0.3, 0.4) is 0 Å². The molecule has 0 amide bonds. The third-order valence-electron chi connectivity index (χ3n) is 5.35. The van der Waals surface area contributed by atoms with Crippen molar-refractivity contribution in [1.82, 2.24) is 20.3 Å². The molecular formula is C21H16N4O4. The van der Waals surface area contributed by atoms with Gasteiger partial charge >= 0.3 is 0 Å². The van der Waals surface area contributed by atoms with Gasteiger partial charge in [-0.3, -0.25) is 5.10 Å². The van der Waals surface area contributed by atoms with E-state index in [0.29, 0.717) is 17.5 Å². The minimum Gasteiger partial charge on any atom is -0.497 e. The molecule has 8 heteroatoms. The molecule has 2 aromatic heterocycles. The number of aromatic amines is 1. The monoisotopic (exact) mass is 388 g/mol. The summed E-state index contributed by atoms with van der Waals surface area (Å²) >= 11 is 0. The van der Waals surface area contributed by atoms with Crippen LogP contribution in [-0.4, -0.2) is 34.2 Å². The largest absolute Gasteiger partial charge is 0.497 e. The third-order valence-corrected chi connectivity index (χ3v) is 5.35. The Morgan fingerprint density at radius 2 is 1.97 bits per heavy atom. The van der Waals surface area contributed by atoms with E-state index in [4.69, 9.17) is 18.7 Å². The second kappa shape index (κ2) is 6.10. The van der Waals surface area contributed by atoms with Crippen LogP contribution < -0.4 is 14.2 Å². The van der Waals surface area contributed by atoms with Crippen molar-refractivity contribution in [2.45, 2.75) is 12.8 Å². The predicted molar refractivity (Wildman–Crippen MR) is 103 cm³/mol. The van der Waals surface area contributed by atoms with Gasteiger partial charge in [0.15, 0.2) is 11.5 Å². The molecule has 1 aliphatic heterocycles. The highest BCUT2D eigenvalue weighted by Gasteiger charge is 2.26. The van der Waals surface area contributed by atoms with Crippen LogP contribution in [0.15, 0.2) is 40.9 Å². The average molecular weight is 388 g/mol. The van der Waals surface area contributed by atoms with Crippen molar-refractivity contribution in [3.05, 3.63) is 47.5 Å². The van der Waals surface area contributed by atoms with Gasteiger partial charge in [0.2, 0.25) is 12.6 Å². The maximum Gasteiger partial charge on any atom is 0.276 e. The Labute approximate surface area is 165 Å². The number of nitrogens with one attached hydrogen (secondary N) is 1. The zero-order valence-corrected chi connectivity index (χ0v) is 15.6. The number of rotatable bonds is 3. The van der Waals surface area contributed by atoms with Crippen molar-refractivity contribution >= 4 is 0 Å². The summed E-state index contributed by atoms with van der Waals surface area (Å²) in [6, 6.07) is 11.6. The molecule has 0 bridgehead atoms. The quantitative estimate of drug-likeness (QED) is 0.572. The van der Waals surface area contributed by atoms with Gasteiger partial charge in [-0.1, -0.05) is 5.16 Å². The number of hydrogen-bond donors (Lipinski definition) is 1. The fourth-order valence-electron chi connectivity index (χ4n) is 3.88. The Morgan fingerprint density at radius 1 is 1.03 bits per heavy atom. The summed E-state index contributed by atoms with van der Waals surface area (Å²) in [5.41, 5.74) is 5.90. The van der Waals surface area contributed by atoms with Crippen molar-refractivity contribution in [1.29, 1.82) is 0 Å². The van der Waals surface area contributed by atoms with Gasteiger partial charge in [0.1, 0.15) is 11.4 Å². The molecule has 0 fully saturated rings. The fraction of sp³-hybridized carbons (Fsp3) is 0.190. The molecule has 2 aliphatic rings. The summed E-state index contributed by atoms with van der Waals surface area (Å²) in [5.74, 6) is 3.16. The number of methoxy groups -OCH3 is 1. The molecule has 0 radical (unpaired) electrons. The molecule has 8 nitrogen and oxygen atoms in total. The molecule has 0 saturated carbocycles. The lowest BCUT2D eigenvalue weighted by Gasteiger charge is -2.16. The van der Waals surface area contributed by atoms with Crippen LogP contribution in [0.4, 0.5) is 0 Å². The topological polar surface area (TPSA) is 95.3 Å². The highest BCUT2D eigenvalue weighted by molar-refractivity contribution is 5.76. The molecule has 3 heterocycles. The maximum atomic E-state index is 5.55. The normalized spacial score (nSPS) is 13.8. The number of nitrogens with zero attached hydrogens (tertiary/aromatic N) is 3. The van der Waals surface area contributed by atoms with Crippen LogP contribution in [-0.2, 0) is 12.8 Å². The molecular weight excluding hydrogens is 372 g/mol. The van der Waals surface area contributed by atoms with E-state index in [0.717, 1.165) is 52.4 Å². The first kappa shape index (κ1) is 16.2. The van der Waals surface area contributed by atoms with Gasteiger partial charge in [0, 0.05) is 16.7 Å². The Hall–Kier alpha value is -3.81. The number of aryl methyl sites for hydroxylation is 1. The molecule has 144 valence electrons. The van der Waals surface area contributed by atoms with Gasteiger partial charge in [0.05, 0.1) is 12.8 Å². The fourth-order valence-corrected chi connectivity index (χ4v) is 3.88. The highest BCUT2D eigenvalue weighted by Crippen LogP contribution is 2.39. The van der Waals surface area contributed by atoms with Gasteiger partial charge in [-0.05, 0) is 54.8 Å². The standard InChI is InChI=1S/C21H16N4O4/c1-26-13-4-6-14-11(8-13)2-5-15-18(14)23-24-19(15)21-22-20(25-29-21)12-3-7-16-17(9-12)28-10-27-16/h3-4,6-9H,2,5,10H2,1H3,(H,23,24). The summed E-state index contributed by atoms with van der Waals surface area (Å²) in [5, 5.41) is 11.8. The van der Waals surface area contributed by atoms with E-state index >= 15 is 0 Å². The Kier molecular flexibility index (Phi) is 3.40. The van der Waals surface area contributed by atoms with E-state index in [1.165, 1.54) is 5.56 Å². The highest BCUT2D eigenvalue weighted by atomic mass is 16.7. The predicted octanol–water partition coefficient (Wildman–Crippen LogP) is 3.63. The molecule has 1 aliphatic carbocycles. The number of hydrogen-bond acceptors (Lipinski definition) is 7. The molecule has 0 spiro atoms. The third kappa shape index (κ3) is 2.49. The first-order valence-corrected chi connectivity index (χ1v) is 9.29. The van der Waals surface area contributed by atoms with Gasteiger partial charge in [-0.2, -0.15) is 10.1 Å². The van der Waals surface area contributed by atoms with Crippen molar-refractivity contribution < 1.29 is 18.7 Å². The summed E-state index contributed by atoms with van der Waals surface area (Å²) in [4.78, 5) is 4.57. The number of ether oxygens (including phenoxy) is 3. The molecule has 2 aromatic carbocycles. The van der Waals surface area contributed by atoms with E-state index in [2.05, 4.69) is 26.4 Å². The van der Waals surface area contributed by atoms with Crippen molar-refractivity contribution in [2.24, 2.45) is 0 Å². The van der Waals surface area contributed by atoms with E-state index < -0.39 is 0 Å². The minimum absolute atomic E-state index is 0.226. The van der Waals surface area contributed by atoms with Crippen molar-refractivity contribution in [3.8, 4) is 51.5 Å². The van der Waals surface area contributed by atoms with Crippen LogP contribution in [0.2, 0.25) is 0 Å². The lowest BCUT2D eigenvalue weighted by molar-refractivity contribution is 0.174. The lowest BCUT2D eigenvalue weighted by Crippen LogP contribution is -2.04. The zero-order chi connectivity index (χ0) is 19.4. The number of aromatic nitrogens is 4. The van der Waals surface area contributed by atoms with Crippen molar-refractivity contribution in [3.63, 3.8) is 0 Å². The Balaban J connectivity index is 1.37. The summed E-state index contributed by atoms with van der Waals surface area (Å²) in [6.45, 7) is 0.226. The number of H-pyrrole nitrogens is 1. The molecule has 1 N–H and O–H groups in total. The van der Waals surface area contributed by atoms with E-state index in [1.807, 2.05) is 30.3 Å². The molecule has 0 saturated heterocycles. The van der Waals surface area contributed by atoms with E-state index in [9.17, 15) is 0 Å². The average Bonchev–Trinajstić information content (AvgIpc) is 3.51. The second-order valence-corrected chi connectivity index (χ2v) is 6.94. The molecule has 0 atom stereocenters. The lowest BCUT2D eigenvalue weighted by atomic mass is 9.89. The Morgan fingerprint density at radius 3 is 2.90 bits per heavy atom. The van der Waals surface area contributed by atoms with Crippen LogP contribution in [0, 0.1) is 0 Å². The van der Waals surface area contributed by atoms with Gasteiger partial charge in [0.25, 0.3) is 5.89 Å². The van der Waals surface area contributed by atoms with Crippen LogP contribution in [0.5, 0.6) is 17.2 Å². The minimum atomic E-state index is 0.226. The van der Waals surface area contributed by atoms with Gasteiger partial charge in [-0.15, -0.1) is 0 Å². The Bertz CT molecular complexity index is 1240. The van der Waals surface area contributed by atoms with Crippen molar-refractivity contribution in [2.75, 3.05) is 13.9 Å². The first-order chi connectivity index (χ1) is 14.3. The van der Waals surface area contributed by atoms with E-state index in [-0.39, 0.29) is 6.79 Å². The SMILES string of the molecule is COc1ccc2c(c1)CCc1c-2n[nH]c1-c1nc(-c2ccc3c(c2)OCO3)no1. The van der Waals surface area contributed by atoms with Gasteiger partial charge < -0.3 is 18.7 Å². The number of benzene rings is 2. The number of fused-ring (bicyclic) bond motifs is 4. The molecule has 0 unspecified atom stereocenters.